The second-order valence-electron chi connectivity index (χ2n) is 11.4. The van der Waals surface area contributed by atoms with Crippen molar-refractivity contribution in [2.45, 2.75) is 50.7 Å². The largest absolute Gasteiger partial charge is 0.493 e. The number of hydrogen-bond donors (Lipinski definition) is 1. The summed E-state index contributed by atoms with van der Waals surface area (Å²) in [5.41, 5.74) is 2.67. The molecule has 0 unspecified atom stereocenters. The lowest BCUT2D eigenvalue weighted by molar-refractivity contribution is -0.140. The summed E-state index contributed by atoms with van der Waals surface area (Å²) in [5.74, 6) is -1.08. The molecule has 2 amide bonds. The predicted octanol–water partition coefficient (Wildman–Crippen LogP) is 5.51. The van der Waals surface area contributed by atoms with E-state index in [4.69, 9.17) is 9.47 Å². The summed E-state index contributed by atoms with van der Waals surface area (Å²) in [6.45, 7) is 4.97. The lowest BCUT2D eigenvalue weighted by Crippen LogP contribution is -2.54. The van der Waals surface area contributed by atoms with Crippen LogP contribution in [0.2, 0.25) is 0 Å². The predicted molar refractivity (Wildman–Crippen MR) is 179 cm³/mol. The van der Waals surface area contributed by atoms with Gasteiger partial charge in [-0.2, -0.15) is 0 Å². The van der Waals surface area contributed by atoms with Gasteiger partial charge in [0, 0.05) is 25.1 Å². The average molecular weight is 662 g/mol. The number of rotatable bonds is 14. The Labute approximate surface area is 276 Å². The number of benzene rings is 4. The summed E-state index contributed by atoms with van der Waals surface area (Å²) in [7, 11) is -1.62. The van der Waals surface area contributed by atoms with Gasteiger partial charge in [0.2, 0.25) is 11.8 Å². The van der Waals surface area contributed by atoms with E-state index in [2.05, 4.69) is 5.32 Å². The third-order valence-corrected chi connectivity index (χ3v) is 9.28. The van der Waals surface area contributed by atoms with Gasteiger partial charge in [-0.05, 0) is 68.3 Å². The van der Waals surface area contributed by atoms with Crippen LogP contribution >= 0.6 is 0 Å². The maximum atomic E-state index is 14.5. The highest BCUT2D eigenvalue weighted by atomic mass is 32.2. The fraction of sp³-hybridized carbons (Fsp3) is 0.278. The lowest BCUT2D eigenvalue weighted by Gasteiger charge is -2.34. The zero-order valence-electron chi connectivity index (χ0n) is 27.1. The number of ether oxygens (including phenoxy) is 2. The molecule has 47 heavy (non-hydrogen) atoms. The van der Waals surface area contributed by atoms with Crippen LogP contribution in [-0.4, -0.2) is 58.0 Å². The molecule has 1 N–H and O–H groups in total. The van der Waals surface area contributed by atoms with Gasteiger partial charge in [0.05, 0.1) is 24.8 Å². The van der Waals surface area contributed by atoms with Gasteiger partial charge in [0.1, 0.15) is 18.4 Å². The van der Waals surface area contributed by atoms with E-state index < -0.39 is 34.3 Å². The Morgan fingerprint density at radius 2 is 1.47 bits per heavy atom. The molecule has 0 saturated carbocycles. The van der Waals surface area contributed by atoms with Gasteiger partial charge >= 0.3 is 0 Å². The number of methoxy groups -OCH3 is 2. The minimum absolute atomic E-state index is 0.0375. The molecule has 1 atom stereocenters. The van der Waals surface area contributed by atoms with Crippen LogP contribution < -0.4 is 19.1 Å². The van der Waals surface area contributed by atoms with Gasteiger partial charge in [-0.3, -0.25) is 13.9 Å². The summed E-state index contributed by atoms with van der Waals surface area (Å²) in [6.07, 6.45) is 0.190. The van der Waals surface area contributed by atoms with E-state index in [-0.39, 0.29) is 41.2 Å². The molecule has 0 aliphatic carbocycles. The Kier molecular flexibility index (Phi) is 11.6. The minimum Gasteiger partial charge on any atom is -0.493 e. The second-order valence-corrected chi connectivity index (χ2v) is 13.2. The second kappa shape index (κ2) is 15.6. The standard InChI is InChI=1S/C36H40FN3O6S/c1-25(2)38-36(42)32(21-27-9-7-6-8-10-27)39(23-28-13-11-26(3)12-14-28)35(41)24-40(30-17-15-29(37)16-18-30)47(43,44)31-19-20-33(45-4)34(22-31)46-5/h6-20,22,25,32H,21,23-24H2,1-5H3,(H,38,42)/t32-/m0/s1. The highest BCUT2D eigenvalue weighted by Crippen LogP contribution is 2.32. The first-order chi connectivity index (χ1) is 22.4. The molecular weight excluding hydrogens is 621 g/mol. The third kappa shape index (κ3) is 8.88. The van der Waals surface area contributed by atoms with Crippen LogP contribution in [0.3, 0.4) is 0 Å². The van der Waals surface area contributed by atoms with E-state index in [1.165, 1.54) is 49.5 Å². The minimum atomic E-state index is -4.43. The van der Waals surface area contributed by atoms with Crippen molar-refractivity contribution in [1.29, 1.82) is 0 Å². The monoisotopic (exact) mass is 661 g/mol. The van der Waals surface area contributed by atoms with Crippen LogP contribution in [0.25, 0.3) is 0 Å². The smallest absolute Gasteiger partial charge is 0.264 e. The fourth-order valence-corrected chi connectivity index (χ4v) is 6.50. The summed E-state index contributed by atoms with van der Waals surface area (Å²) in [6, 6.07) is 24.6. The van der Waals surface area contributed by atoms with Crippen LogP contribution in [0.1, 0.15) is 30.5 Å². The molecule has 0 spiro atoms. The number of nitrogens with zero attached hydrogens (tertiary/aromatic N) is 2. The third-order valence-electron chi connectivity index (χ3n) is 7.51. The summed E-state index contributed by atoms with van der Waals surface area (Å²) < 4.78 is 54.1. The Balaban J connectivity index is 1.82. The molecule has 0 radical (unpaired) electrons. The first-order valence-electron chi connectivity index (χ1n) is 15.1. The Morgan fingerprint density at radius 1 is 0.830 bits per heavy atom. The maximum Gasteiger partial charge on any atom is 0.264 e. The fourth-order valence-electron chi connectivity index (χ4n) is 5.07. The van der Waals surface area contributed by atoms with E-state index in [0.29, 0.717) is 5.75 Å². The van der Waals surface area contributed by atoms with Gasteiger partial charge in [0.15, 0.2) is 11.5 Å². The zero-order valence-corrected chi connectivity index (χ0v) is 28.0. The normalized spacial score (nSPS) is 11.9. The zero-order chi connectivity index (χ0) is 34.1. The molecule has 0 bridgehead atoms. The molecular formula is C36H40FN3O6S. The number of sulfonamides is 1. The van der Waals surface area contributed by atoms with Crippen molar-refractivity contribution >= 4 is 27.5 Å². The maximum absolute atomic E-state index is 14.5. The number of halogens is 1. The van der Waals surface area contributed by atoms with Gasteiger partial charge in [0.25, 0.3) is 10.0 Å². The van der Waals surface area contributed by atoms with Crippen LogP contribution in [-0.2, 0) is 32.6 Å². The summed E-state index contributed by atoms with van der Waals surface area (Å²) in [5, 5.41) is 2.93. The SMILES string of the molecule is COc1ccc(S(=O)(=O)N(CC(=O)N(Cc2ccc(C)cc2)[C@@H](Cc2ccccc2)C(=O)NC(C)C)c2ccc(F)cc2)cc1OC. The van der Waals surface area contributed by atoms with Crippen LogP contribution in [0.5, 0.6) is 11.5 Å². The van der Waals surface area contributed by atoms with Crippen molar-refractivity contribution in [2.24, 2.45) is 0 Å². The van der Waals surface area contributed by atoms with Crippen LogP contribution in [0, 0.1) is 12.7 Å². The van der Waals surface area contributed by atoms with E-state index in [1.807, 2.05) is 75.4 Å². The molecule has 4 aromatic rings. The number of hydrogen-bond acceptors (Lipinski definition) is 6. The Hall–Kier alpha value is -4.90. The van der Waals surface area contributed by atoms with Crippen molar-refractivity contribution in [1.82, 2.24) is 10.2 Å². The van der Waals surface area contributed by atoms with Crippen LogP contribution in [0.15, 0.2) is 102 Å². The molecule has 248 valence electrons. The van der Waals surface area contributed by atoms with E-state index in [9.17, 15) is 22.4 Å². The highest BCUT2D eigenvalue weighted by Gasteiger charge is 2.35. The van der Waals surface area contributed by atoms with Gasteiger partial charge < -0.3 is 19.7 Å². The molecule has 0 saturated heterocycles. The van der Waals surface area contributed by atoms with E-state index >= 15 is 0 Å². The molecule has 9 nitrogen and oxygen atoms in total. The van der Waals surface area contributed by atoms with Gasteiger partial charge in [-0.1, -0.05) is 60.2 Å². The van der Waals surface area contributed by atoms with E-state index in [0.717, 1.165) is 33.1 Å². The average Bonchev–Trinajstić information content (AvgIpc) is 3.06. The molecule has 4 aromatic carbocycles. The van der Waals surface area contributed by atoms with Crippen molar-refractivity contribution in [2.75, 3.05) is 25.1 Å². The molecule has 0 aliphatic rings. The topological polar surface area (TPSA) is 105 Å². The lowest BCUT2D eigenvalue weighted by atomic mass is 10.0. The number of carbonyl (C=O) groups is 2. The highest BCUT2D eigenvalue weighted by molar-refractivity contribution is 7.92. The first kappa shape index (κ1) is 35.0. The number of carbonyl (C=O) groups excluding carboxylic acids is 2. The molecule has 4 rings (SSSR count). The van der Waals surface area contributed by atoms with E-state index in [1.54, 1.807) is 0 Å². The van der Waals surface area contributed by atoms with Gasteiger partial charge in [-0.15, -0.1) is 0 Å². The number of nitrogens with one attached hydrogen (secondary N) is 1. The Morgan fingerprint density at radius 3 is 2.06 bits per heavy atom. The van der Waals surface area contributed by atoms with Crippen molar-refractivity contribution in [3.8, 4) is 11.5 Å². The molecule has 0 aliphatic heterocycles. The molecule has 0 fully saturated rings. The summed E-state index contributed by atoms with van der Waals surface area (Å²) >= 11 is 0. The molecule has 0 aromatic heterocycles. The summed E-state index contributed by atoms with van der Waals surface area (Å²) in [4.78, 5) is 29.5. The number of aryl methyl sites for hydroxylation is 1. The number of amides is 2. The Bertz CT molecular complexity index is 1770. The molecule has 11 heteroatoms. The van der Waals surface area contributed by atoms with Crippen molar-refractivity contribution < 1.29 is 31.9 Å². The molecule has 0 heterocycles. The number of anilines is 1. The van der Waals surface area contributed by atoms with Crippen molar-refractivity contribution in [3.63, 3.8) is 0 Å². The first-order valence-corrected chi connectivity index (χ1v) is 16.6. The van der Waals surface area contributed by atoms with Gasteiger partial charge in [-0.25, -0.2) is 12.8 Å². The quantitative estimate of drug-likeness (QED) is 0.191. The van der Waals surface area contributed by atoms with Crippen molar-refractivity contribution in [3.05, 3.63) is 120 Å². The van der Waals surface area contributed by atoms with Crippen LogP contribution in [0.4, 0.5) is 10.1 Å².